The molecule has 11 N–H and O–H groups in total. The number of carbonyl (C=O) groups excluding carboxylic acids is 6. The van der Waals surface area contributed by atoms with Gasteiger partial charge in [0, 0.05) is 23.5 Å². The van der Waals surface area contributed by atoms with Crippen LogP contribution in [0.5, 0.6) is 0 Å². The highest BCUT2D eigenvalue weighted by atomic mass is 16.2. The summed E-state index contributed by atoms with van der Waals surface area (Å²) in [4.78, 5) is 87.5. The SMILES string of the molecule is CC(C)C[C@@H]1NC(=O)[C@H](Cc2c[nH]c3ccccc23)NC(=O)[C@@H](CCCCN)NC(=O)[C@H](CCCCN)NC(=O)[C@H](C(C)C)NC(=O)[C@@H](CC(C)C)NC1=O. The lowest BCUT2D eigenvalue weighted by Gasteiger charge is -2.30. The predicted octanol–water partition coefficient (Wildman–Crippen LogP) is 1.64. The highest BCUT2D eigenvalue weighted by Gasteiger charge is 2.36. The number of fused-ring (bicyclic) bond motifs is 1. The molecule has 1 aliphatic heterocycles. The maximum absolute atomic E-state index is 14.3. The van der Waals surface area contributed by atoms with Crippen molar-refractivity contribution in [2.24, 2.45) is 29.2 Å². The molecule has 1 saturated heterocycles. The summed E-state index contributed by atoms with van der Waals surface area (Å²) in [6.07, 6.45) is 5.05. The minimum Gasteiger partial charge on any atom is -0.361 e. The number of para-hydroxylation sites is 1. The minimum atomic E-state index is -1.15. The van der Waals surface area contributed by atoms with Crippen LogP contribution >= 0.6 is 0 Å². The number of H-pyrrole nitrogens is 1. The molecule has 1 aliphatic rings. The average molecular weight is 768 g/mol. The number of aromatic amines is 1. The second-order valence-corrected chi connectivity index (χ2v) is 15.9. The Kier molecular flexibility index (Phi) is 18.1. The minimum absolute atomic E-state index is 0.0115. The zero-order valence-corrected chi connectivity index (χ0v) is 33.5. The lowest BCUT2D eigenvalue weighted by atomic mass is 9.97. The van der Waals surface area contributed by atoms with Crippen LogP contribution in [-0.4, -0.2) is 89.8 Å². The fraction of sp³-hybridized carbons (Fsp3) is 0.650. The van der Waals surface area contributed by atoms with E-state index in [0.717, 1.165) is 16.5 Å². The summed E-state index contributed by atoms with van der Waals surface area (Å²) in [7, 11) is 0. The largest absolute Gasteiger partial charge is 0.361 e. The van der Waals surface area contributed by atoms with Crippen LogP contribution in [-0.2, 0) is 35.2 Å². The molecule has 15 nitrogen and oxygen atoms in total. The van der Waals surface area contributed by atoms with Gasteiger partial charge in [-0.1, -0.05) is 59.7 Å². The Balaban J connectivity index is 2.13. The first-order valence-electron chi connectivity index (χ1n) is 19.9. The molecule has 6 atom stereocenters. The summed E-state index contributed by atoms with van der Waals surface area (Å²) in [5, 5.41) is 18.0. The van der Waals surface area contributed by atoms with Gasteiger partial charge in [-0.05, 0) is 93.8 Å². The Labute approximate surface area is 325 Å². The van der Waals surface area contributed by atoms with E-state index in [1.807, 2.05) is 52.0 Å². The summed E-state index contributed by atoms with van der Waals surface area (Å²) in [5.74, 6) is -3.86. The van der Waals surface area contributed by atoms with Gasteiger partial charge in [-0.15, -0.1) is 0 Å². The first-order chi connectivity index (χ1) is 26.1. The number of rotatable bonds is 15. The first-order valence-corrected chi connectivity index (χ1v) is 19.9. The zero-order chi connectivity index (χ0) is 40.7. The number of carbonyl (C=O) groups is 6. The Morgan fingerprint density at radius 1 is 0.545 bits per heavy atom. The van der Waals surface area contributed by atoms with Crippen LogP contribution in [0.1, 0.15) is 98.5 Å². The molecule has 3 rings (SSSR count). The van der Waals surface area contributed by atoms with Crippen molar-refractivity contribution in [3.63, 3.8) is 0 Å². The molecule has 2 heterocycles. The fourth-order valence-corrected chi connectivity index (χ4v) is 6.80. The molecule has 306 valence electrons. The third kappa shape index (κ3) is 13.9. The van der Waals surface area contributed by atoms with Crippen LogP contribution in [0.25, 0.3) is 10.9 Å². The van der Waals surface area contributed by atoms with E-state index in [2.05, 4.69) is 36.9 Å². The molecule has 0 unspecified atom stereocenters. The van der Waals surface area contributed by atoms with Crippen molar-refractivity contribution in [1.29, 1.82) is 0 Å². The number of benzene rings is 1. The predicted molar refractivity (Wildman–Crippen MR) is 213 cm³/mol. The molecule has 0 aliphatic carbocycles. The van der Waals surface area contributed by atoms with Crippen LogP contribution in [0.3, 0.4) is 0 Å². The number of nitrogens with one attached hydrogen (secondary N) is 7. The average Bonchev–Trinajstić information content (AvgIpc) is 3.53. The number of amides is 6. The number of aromatic nitrogens is 1. The number of hydrogen-bond donors (Lipinski definition) is 9. The summed E-state index contributed by atoms with van der Waals surface area (Å²) in [6.45, 7) is 12.0. The van der Waals surface area contributed by atoms with E-state index in [1.165, 1.54) is 0 Å². The topological polar surface area (TPSA) is 242 Å². The van der Waals surface area contributed by atoms with Gasteiger partial charge in [0.15, 0.2) is 0 Å². The molecule has 55 heavy (non-hydrogen) atoms. The van der Waals surface area contributed by atoms with Crippen LogP contribution in [0.4, 0.5) is 0 Å². The maximum Gasteiger partial charge on any atom is 0.243 e. The summed E-state index contributed by atoms with van der Waals surface area (Å²) >= 11 is 0. The molecule has 1 fully saturated rings. The quantitative estimate of drug-likeness (QED) is 0.120. The van der Waals surface area contributed by atoms with Crippen molar-refractivity contribution >= 4 is 46.3 Å². The van der Waals surface area contributed by atoms with E-state index < -0.39 is 71.7 Å². The Hall–Kier alpha value is -4.50. The van der Waals surface area contributed by atoms with Crippen LogP contribution < -0.4 is 43.4 Å². The van der Waals surface area contributed by atoms with Crippen LogP contribution in [0.15, 0.2) is 30.5 Å². The Bertz CT molecular complexity index is 1590. The third-order valence-corrected chi connectivity index (χ3v) is 9.82. The number of hydrogen-bond acceptors (Lipinski definition) is 8. The molecule has 0 saturated carbocycles. The molecule has 0 spiro atoms. The Morgan fingerprint density at radius 3 is 1.49 bits per heavy atom. The van der Waals surface area contributed by atoms with Crippen LogP contribution in [0, 0.1) is 17.8 Å². The van der Waals surface area contributed by atoms with Crippen molar-refractivity contribution in [3.05, 3.63) is 36.0 Å². The molecule has 0 radical (unpaired) electrons. The highest BCUT2D eigenvalue weighted by molar-refractivity contribution is 5.98. The first kappa shape index (κ1) is 44.9. The van der Waals surface area contributed by atoms with Gasteiger partial charge in [0.1, 0.15) is 36.3 Å². The van der Waals surface area contributed by atoms with Gasteiger partial charge in [-0.2, -0.15) is 0 Å². The fourth-order valence-electron chi connectivity index (χ4n) is 6.80. The van der Waals surface area contributed by atoms with Gasteiger partial charge in [0.25, 0.3) is 0 Å². The number of nitrogens with two attached hydrogens (primary N) is 2. The summed E-state index contributed by atoms with van der Waals surface area (Å²) < 4.78 is 0. The molecule has 1 aromatic carbocycles. The Morgan fingerprint density at radius 2 is 0.982 bits per heavy atom. The summed E-state index contributed by atoms with van der Waals surface area (Å²) in [5.41, 5.74) is 13.1. The van der Waals surface area contributed by atoms with E-state index in [4.69, 9.17) is 11.5 Å². The molecule has 1 aromatic heterocycles. The van der Waals surface area contributed by atoms with Crippen molar-refractivity contribution in [2.75, 3.05) is 13.1 Å². The van der Waals surface area contributed by atoms with Gasteiger partial charge in [0.05, 0.1) is 0 Å². The van der Waals surface area contributed by atoms with E-state index in [9.17, 15) is 28.8 Å². The van der Waals surface area contributed by atoms with Crippen molar-refractivity contribution in [1.82, 2.24) is 36.9 Å². The summed E-state index contributed by atoms with van der Waals surface area (Å²) in [6, 6.07) is 1.21. The van der Waals surface area contributed by atoms with Gasteiger partial charge < -0.3 is 48.4 Å². The maximum atomic E-state index is 14.3. The van der Waals surface area contributed by atoms with Gasteiger partial charge in [-0.3, -0.25) is 28.8 Å². The van der Waals surface area contributed by atoms with Crippen molar-refractivity contribution in [2.45, 2.75) is 136 Å². The monoisotopic (exact) mass is 768 g/mol. The molecular weight excluding hydrogens is 702 g/mol. The normalized spacial score (nSPS) is 23.8. The second kappa shape index (κ2) is 22.2. The highest BCUT2D eigenvalue weighted by Crippen LogP contribution is 2.20. The lowest BCUT2D eigenvalue weighted by molar-refractivity contribution is -0.137. The van der Waals surface area contributed by atoms with Gasteiger partial charge in [0.2, 0.25) is 35.4 Å². The zero-order valence-electron chi connectivity index (χ0n) is 33.5. The van der Waals surface area contributed by atoms with E-state index in [-0.39, 0.29) is 49.9 Å². The standard InChI is InChI=1S/C40H65N9O6/c1-23(2)19-31-37(52)47-32(20-24(3)4)39(54)49-34(25(5)6)40(55)45-30(16-10-12-18-42)35(50)44-29(15-9-11-17-41)36(51)48-33(38(53)46-31)21-26-22-43-28-14-8-7-13-27(26)28/h7-8,13-14,22-25,29-34,43H,9-12,15-21,41-42H2,1-6H3,(H,44,50)(H,45,55)(H,46,53)(H,47,52)(H,48,51)(H,49,54)/t29-,30+,31+,32-,33+,34+/m1/s1. The molecule has 15 heteroatoms. The molecular formula is C40H65N9O6. The van der Waals surface area contributed by atoms with E-state index in [0.29, 0.717) is 38.8 Å². The molecule has 6 amide bonds. The van der Waals surface area contributed by atoms with Gasteiger partial charge >= 0.3 is 0 Å². The van der Waals surface area contributed by atoms with Crippen LogP contribution in [0.2, 0.25) is 0 Å². The van der Waals surface area contributed by atoms with E-state index in [1.54, 1.807) is 20.0 Å². The van der Waals surface area contributed by atoms with Gasteiger partial charge in [-0.25, -0.2) is 0 Å². The van der Waals surface area contributed by atoms with E-state index >= 15 is 0 Å². The smallest absolute Gasteiger partial charge is 0.243 e. The number of unbranched alkanes of at least 4 members (excludes halogenated alkanes) is 2. The third-order valence-electron chi connectivity index (χ3n) is 9.82. The molecule has 2 aromatic rings. The van der Waals surface area contributed by atoms with Crippen molar-refractivity contribution < 1.29 is 28.8 Å². The van der Waals surface area contributed by atoms with Crippen molar-refractivity contribution in [3.8, 4) is 0 Å². The molecule has 0 bridgehead atoms. The lowest BCUT2D eigenvalue weighted by Crippen LogP contribution is -2.62. The second-order valence-electron chi connectivity index (χ2n) is 15.9.